The number of ether oxygens (including phenoxy) is 3. The zero-order valence-electron chi connectivity index (χ0n) is 18.1. The Morgan fingerprint density at radius 1 is 1.19 bits per heavy atom. The molecule has 2 aliphatic heterocycles. The van der Waals surface area contributed by atoms with E-state index in [-0.39, 0.29) is 35.1 Å². The van der Waals surface area contributed by atoms with Gasteiger partial charge in [0, 0.05) is 29.0 Å². The molecular formula is C24H27F2NO4S. The third kappa shape index (κ3) is 5.14. The highest BCUT2D eigenvalue weighted by molar-refractivity contribution is 7.97. The molecule has 0 bridgehead atoms. The highest BCUT2D eigenvalue weighted by Gasteiger charge is 2.33. The third-order valence-corrected chi connectivity index (χ3v) is 7.42. The van der Waals surface area contributed by atoms with Crippen molar-refractivity contribution in [3.63, 3.8) is 0 Å². The van der Waals surface area contributed by atoms with E-state index in [4.69, 9.17) is 14.2 Å². The average molecular weight is 464 g/mol. The molecule has 2 heterocycles. The van der Waals surface area contributed by atoms with Crippen molar-refractivity contribution in [2.75, 3.05) is 20.3 Å². The maximum Gasteiger partial charge on any atom is 0.339 e. The van der Waals surface area contributed by atoms with E-state index in [1.807, 2.05) is 18.2 Å². The van der Waals surface area contributed by atoms with E-state index in [0.717, 1.165) is 18.9 Å². The lowest BCUT2D eigenvalue weighted by molar-refractivity contribution is -0.183. The van der Waals surface area contributed by atoms with Crippen molar-refractivity contribution in [3.05, 3.63) is 70.8 Å². The van der Waals surface area contributed by atoms with E-state index >= 15 is 8.78 Å². The molecule has 0 spiro atoms. The van der Waals surface area contributed by atoms with Gasteiger partial charge in [0.15, 0.2) is 6.10 Å². The second-order valence-corrected chi connectivity index (χ2v) is 9.42. The lowest BCUT2D eigenvalue weighted by atomic mass is 10.0. The number of benzene rings is 2. The number of nitrogens with zero attached hydrogens (tertiary/aromatic N) is 1. The lowest BCUT2D eigenvalue weighted by Gasteiger charge is -2.37. The summed E-state index contributed by atoms with van der Waals surface area (Å²) in [5, 5.41) is 0.279. The first-order valence-electron chi connectivity index (χ1n) is 10.7. The molecule has 0 saturated carbocycles. The van der Waals surface area contributed by atoms with E-state index in [0.29, 0.717) is 13.2 Å². The fourth-order valence-corrected chi connectivity index (χ4v) is 5.26. The Kier molecular flexibility index (Phi) is 7.45. The molecule has 4 rings (SSSR count). The van der Waals surface area contributed by atoms with E-state index in [9.17, 15) is 4.79 Å². The van der Waals surface area contributed by atoms with Crippen LogP contribution in [0.4, 0.5) is 8.78 Å². The van der Waals surface area contributed by atoms with Crippen molar-refractivity contribution in [2.45, 2.75) is 49.8 Å². The van der Waals surface area contributed by atoms with Crippen molar-refractivity contribution in [1.29, 1.82) is 0 Å². The molecule has 5 nitrogen and oxygen atoms in total. The molecule has 2 fully saturated rings. The molecule has 0 aromatic heterocycles. The predicted octanol–water partition coefficient (Wildman–Crippen LogP) is 4.97. The van der Waals surface area contributed by atoms with Crippen LogP contribution in [0.3, 0.4) is 0 Å². The van der Waals surface area contributed by atoms with E-state index in [1.165, 1.54) is 18.7 Å². The Morgan fingerprint density at radius 2 is 1.94 bits per heavy atom. The van der Waals surface area contributed by atoms with Crippen LogP contribution in [-0.4, -0.2) is 42.7 Å². The fraction of sp³-hybridized carbons (Fsp3) is 0.458. The van der Waals surface area contributed by atoms with Crippen LogP contribution in [0.15, 0.2) is 42.5 Å². The van der Waals surface area contributed by atoms with Crippen LogP contribution in [0.1, 0.15) is 47.8 Å². The summed E-state index contributed by atoms with van der Waals surface area (Å²) in [5.74, 6) is -2.03. The predicted molar refractivity (Wildman–Crippen MR) is 118 cm³/mol. The Labute approximate surface area is 191 Å². The number of hydrogen-bond acceptors (Lipinski definition) is 6. The SMILES string of the molecule is COC(=O)C(OC1COC1)c1cc(F)c(CN2SC(c3ccccc3)CC[C@@H]2C)cc1F. The van der Waals surface area contributed by atoms with Gasteiger partial charge in [-0.15, -0.1) is 0 Å². The molecule has 0 radical (unpaired) electrons. The topological polar surface area (TPSA) is 48.0 Å². The number of esters is 1. The Morgan fingerprint density at radius 3 is 2.59 bits per heavy atom. The summed E-state index contributed by atoms with van der Waals surface area (Å²) in [6.45, 7) is 2.97. The lowest BCUT2D eigenvalue weighted by Crippen LogP contribution is -2.39. The van der Waals surface area contributed by atoms with Gasteiger partial charge in [-0.2, -0.15) is 0 Å². The molecule has 2 aliphatic rings. The van der Waals surface area contributed by atoms with Crippen LogP contribution in [0, 0.1) is 11.6 Å². The molecule has 0 amide bonds. The molecular weight excluding hydrogens is 436 g/mol. The monoisotopic (exact) mass is 463 g/mol. The maximum atomic E-state index is 15.1. The smallest absolute Gasteiger partial charge is 0.339 e. The third-order valence-electron chi connectivity index (χ3n) is 5.90. The normalized spacial score (nSPS) is 22.9. The van der Waals surface area contributed by atoms with Gasteiger partial charge in [0.1, 0.15) is 17.7 Å². The quantitative estimate of drug-likeness (QED) is 0.427. The number of carbonyl (C=O) groups is 1. The molecule has 172 valence electrons. The summed E-state index contributed by atoms with van der Waals surface area (Å²) in [7, 11) is 1.19. The van der Waals surface area contributed by atoms with Crippen LogP contribution < -0.4 is 0 Å². The summed E-state index contributed by atoms with van der Waals surface area (Å²) in [6.07, 6.45) is 0.326. The molecule has 0 N–H and O–H groups in total. The Bertz CT molecular complexity index is 941. The van der Waals surface area contributed by atoms with Gasteiger partial charge in [0.25, 0.3) is 0 Å². The van der Waals surface area contributed by atoms with Crippen molar-refractivity contribution in [3.8, 4) is 0 Å². The van der Waals surface area contributed by atoms with Gasteiger partial charge in [-0.1, -0.05) is 42.3 Å². The first kappa shape index (κ1) is 23.2. The summed E-state index contributed by atoms with van der Waals surface area (Å²) in [4.78, 5) is 12.2. The number of rotatable bonds is 7. The molecule has 2 aromatic carbocycles. The molecule has 0 aliphatic carbocycles. The number of halogens is 2. The van der Waals surface area contributed by atoms with Crippen molar-refractivity contribution in [2.24, 2.45) is 0 Å². The van der Waals surface area contributed by atoms with Gasteiger partial charge >= 0.3 is 5.97 Å². The van der Waals surface area contributed by atoms with Crippen LogP contribution in [-0.2, 0) is 25.5 Å². The van der Waals surface area contributed by atoms with Crippen LogP contribution in [0.5, 0.6) is 0 Å². The largest absolute Gasteiger partial charge is 0.467 e. The molecule has 32 heavy (non-hydrogen) atoms. The van der Waals surface area contributed by atoms with Gasteiger partial charge in [-0.05, 0) is 37.5 Å². The first-order chi connectivity index (χ1) is 15.5. The molecule has 2 unspecified atom stereocenters. The highest BCUT2D eigenvalue weighted by atomic mass is 32.2. The zero-order chi connectivity index (χ0) is 22.7. The van der Waals surface area contributed by atoms with Gasteiger partial charge in [0.05, 0.1) is 20.3 Å². The summed E-state index contributed by atoms with van der Waals surface area (Å²) < 4.78 is 47.6. The van der Waals surface area contributed by atoms with E-state index < -0.39 is 23.7 Å². The minimum atomic E-state index is -1.33. The van der Waals surface area contributed by atoms with E-state index in [1.54, 1.807) is 11.9 Å². The van der Waals surface area contributed by atoms with Crippen molar-refractivity contribution < 1.29 is 27.8 Å². The molecule has 3 atom stereocenters. The van der Waals surface area contributed by atoms with Gasteiger partial charge in [-0.25, -0.2) is 17.9 Å². The van der Waals surface area contributed by atoms with Crippen molar-refractivity contribution in [1.82, 2.24) is 4.31 Å². The average Bonchev–Trinajstić information content (AvgIpc) is 2.77. The number of methoxy groups -OCH3 is 1. The van der Waals surface area contributed by atoms with Crippen molar-refractivity contribution >= 4 is 17.9 Å². The van der Waals surface area contributed by atoms with E-state index in [2.05, 4.69) is 23.4 Å². The second kappa shape index (κ2) is 10.3. The van der Waals surface area contributed by atoms with Gasteiger partial charge < -0.3 is 14.2 Å². The number of carbonyl (C=O) groups excluding carboxylic acids is 1. The summed E-state index contributed by atoms with van der Waals surface area (Å²) in [5.41, 5.74) is 1.32. The fourth-order valence-electron chi connectivity index (χ4n) is 3.89. The molecule has 2 aromatic rings. The summed E-state index contributed by atoms with van der Waals surface area (Å²) >= 11 is 1.67. The minimum Gasteiger partial charge on any atom is -0.467 e. The van der Waals surface area contributed by atoms with Crippen LogP contribution in [0.25, 0.3) is 0 Å². The highest BCUT2D eigenvalue weighted by Crippen LogP contribution is 2.43. The van der Waals surface area contributed by atoms with Crippen LogP contribution >= 0.6 is 11.9 Å². The minimum absolute atomic E-state index is 0.161. The molecule has 8 heteroatoms. The second-order valence-electron chi connectivity index (χ2n) is 8.17. The first-order valence-corrected chi connectivity index (χ1v) is 11.6. The Balaban J connectivity index is 1.52. The molecule has 2 saturated heterocycles. The Hall–Kier alpha value is -2.00. The van der Waals surface area contributed by atoms with Gasteiger partial charge in [0.2, 0.25) is 0 Å². The summed E-state index contributed by atoms with van der Waals surface area (Å²) in [6, 6.07) is 12.7. The standard InChI is InChI=1S/C24H27F2NO4S/c1-15-8-9-22(16-6-4-3-5-7-16)32-27(15)12-17-10-21(26)19(11-20(17)25)23(24(28)29-2)31-18-13-30-14-18/h3-7,10-11,15,18,22-23H,8-9,12-14H2,1-2H3/t15-,22?,23?/m0/s1. The van der Waals surface area contributed by atoms with Crippen LogP contribution in [0.2, 0.25) is 0 Å². The maximum absolute atomic E-state index is 15.1. The zero-order valence-corrected chi connectivity index (χ0v) is 18.9. The number of hydrogen-bond donors (Lipinski definition) is 0. The van der Waals surface area contributed by atoms with Gasteiger partial charge in [-0.3, -0.25) is 0 Å².